The van der Waals surface area contributed by atoms with E-state index in [2.05, 4.69) is 54.0 Å². The van der Waals surface area contributed by atoms with Gasteiger partial charge in [-0.15, -0.1) is 0 Å². The fraction of sp³-hybridized carbons (Fsp3) is 0.368. The summed E-state index contributed by atoms with van der Waals surface area (Å²) in [5, 5.41) is 6.62. The van der Waals surface area contributed by atoms with Crippen molar-refractivity contribution in [2.75, 3.05) is 20.1 Å². The summed E-state index contributed by atoms with van der Waals surface area (Å²) < 4.78 is 6.03. The van der Waals surface area contributed by atoms with Crippen LogP contribution in [0.3, 0.4) is 0 Å². The Labute approximate surface area is 133 Å². The number of rotatable bonds is 9. The highest BCUT2D eigenvalue weighted by atomic mass is 16.5. The normalized spacial score (nSPS) is 10.6. The summed E-state index contributed by atoms with van der Waals surface area (Å²) in [5.41, 5.74) is 3.71. The molecule has 118 valence electrons. The number of hydrogen-bond donors (Lipinski definition) is 2. The summed E-state index contributed by atoms with van der Waals surface area (Å²) in [6.07, 6.45) is 1.13. The first-order valence-electron chi connectivity index (χ1n) is 7.92. The van der Waals surface area contributed by atoms with E-state index in [0.29, 0.717) is 6.61 Å². The maximum absolute atomic E-state index is 6.03. The molecule has 22 heavy (non-hydrogen) atoms. The second-order valence-electron chi connectivity index (χ2n) is 5.46. The van der Waals surface area contributed by atoms with Gasteiger partial charge in [0.2, 0.25) is 0 Å². The van der Waals surface area contributed by atoms with Crippen molar-refractivity contribution in [3.8, 4) is 5.75 Å². The topological polar surface area (TPSA) is 33.3 Å². The average molecular weight is 298 g/mol. The Hall–Kier alpha value is -1.84. The summed E-state index contributed by atoms with van der Waals surface area (Å²) in [7, 11) is 1.98. The van der Waals surface area contributed by atoms with Gasteiger partial charge in [0.05, 0.1) is 0 Å². The van der Waals surface area contributed by atoms with Crippen LogP contribution in [-0.2, 0) is 13.2 Å². The molecule has 0 amide bonds. The van der Waals surface area contributed by atoms with Gasteiger partial charge in [0.25, 0.3) is 0 Å². The number of aryl methyl sites for hydroxylation is 1. The Bertz CT molecular complexity index is 569. The van der Waals surface area contributed by atoms with E-state index in [4.69, 9.17) is 4.74 Å². The molecule has 0 aliphatic rings. The van der Waals surface area contributed by atoms with Gasteiger partial charge >= 0.3 is 0 Å². The largest absolute Gasteiger partial charge is 0.489 e. The van der Waals surface area contributed by atoms with Gasteiger partial charge in [-0.2, -0.15) is 0 Å². The predicted molar refractivity (Wildman–Crippen MR) is 92.2 cm³/mol. The fourth-order valence-electron chi connectivity index (χ4n) is 2.33. The molecule has 0 saturated carbocycles. The SMILES string of the molecule is CNCCCNCc1ccccc1OCc1ccccc1C. The molecule has 0 heterocycles. The summed E-state index contributed by atoms with van der Waals surface area (Å²) in [5.74, 6) is 0.965. The quantitative estimate of drug-likeness (QED) is 0.697. The number of benzene rings is 2. The number of ether oxygens (including phenoxy) is 1. The maximum atomic E-state index is 6.03. The van der Waals surface area contributed by atoms with Crippen LogP contribution in [0.15, 0.2) is 48.5 Å². The highest BCUT2D eigenvalue weighted by Gasteiger charge is 2.04. The van der Waals surface area contributed by atoms with Gasteiger partial charge in [-0.25, -0.2) is 0 Å². The maximum Gasteiger partial charge on any atom is 0.124 e. The third-order valence-corrected chi connectivity index (χ3v) is 3.71. The summed E-state index contributed by atoms with van der Waals surface area (Å²) >= 11 is 0. The molecule has 0 atom stereocenters. The van der Waals surface area contributed by atoms with Crippen LogP contribution in [0.5, 0.6) is 5.75 Å². The Morgan fingerprint density at radius 3 is 2.41 bits per heavy atom. The lowest BCUT2D eigenvalue weighted by Gasteiger charge is -2.13. The van der Waals surface area contributed by atoms with E-state index < -0.39 is 0 Å². The monoisotopic (exact) mass is 298 g/mol. The van der Waals surface area contributed by atoms with Crippen molar-refractivity contribution in [1.29, 1.82) is 0 Å². The van der Waals surface area contributed by atoms with Gasteiger partial charge in [0.15, 0.2) is 0 Å². The van der Waals surface area contributed by atoms with Crippen LogP contribution in [0.1, 0.15) is 23.1 Å². The molecule has 2 aromatic rings. The molecule has 2 rings (SSSR count). The van der Waals surface area contributed by atoms with Crippen LogP contribution in [0.25, 0.3) is 0 Å². The minimum absolute atomic E-state index is 0.615. The molecule has 0 bridgehead atoms. The van der Waals surface area contributed by atoms with Crippen molar-refractivity contribution < 1.29 is 4.74 Å². The first-order chi connectivity index (χ1) is 10.8. The molecule has 0 aliphatic heterocycles. The summed E-state index contributed by atoms with van der Waals surface area (Å²) in [6, 6.07) is 16.6. The second kappa shape index (κ2) is 9.23. The highest BCUT2D eigenvalue weighted by Crippen LogP contribution is 2.20. The smallest absolute Gasteiger partial charge is 0.124 e. The van der Waals surface area contributed by atoms with Gasteiger partial charge < -0.3 is 15.4 Å². The molecule has 2 aromatic carbocycles. The van der Waals surface area contributed by atoms with Gasteiger partial charge in [0.1, 0.15) is 12.4 Å². The lowest BCUT2D eigenvalue weighted by atomic mass is 10.1. The van der Waals surface area contributed by atoms with Crippen LogP contribution in [-0.4, -0.2) is 20.1 Å². The van der Waals surface area contributed by atoms with Crippen LogP contribution in [0.2, 0.25) is 0 Å². The van der Waals surface area contributed by atoms with E-state index in [1.807, 2.05) is 19.2 Å². The van der Waals surface area contributed by atoms with Crippen LogP contribution >= 0.6 is 0 Å². The molecule has 3 heteroatoms. The predicted octanol–water partition coefficient (Wildman–Crippen LogP) is 3.27. The van der Waals surface area contributed by atoms with Crippen LogP contribution in [0, 0.1) is 6.92 Å². The van der Waals surface area contributed by atoms with E-state index in [1.165, 1.54) is 16.7 Å². The van der Waals surface area contributed by atoms with Crippen LogP contribution in [0.4, 0.5) is 0 Å². The van der Waals surface area contributed by atoms with Gasteiger partial charge in [0, 0.05) is 12.1 Å². The zero-order chi connectivity index (χ0) is 15.6. The first kappa shape index (κ1) is 16.5. The molecular formula is C19H26N2O. The number of hydrogen-bond acceptors (Lipinski definition) is 3. The zero-order valence-electron chi connectivity index (χ0n) is 13.6. The first-order valence-corrected chi connectivity index (χ1v) is 7.92. The summed E-state index contributed by atoms with van der Waals surface area (Å²) in [4.78, 5) is 0. The molecule has 0 radical (unpaired) electrons. The molecule has 0 fully saturated rings. The molecular weight excluding hydrogens is 272 g/mol. The minimum Gasteiger partial charge on any atom is -0.489 e. The molecule has 0 unspecified atom stereocenters. The third-order valence-electron chi connectivity index (χ3n) is 3.71. The molecule has 0 spiro atoms. The summed E-state index contributed by atoms with van der Waals surface area (Å²) in [6.45, 7) is 5.62. The molecule has 0 aliphatic carbocycles. The molecule has 2 N–H and O–H groups in total. The minimum atomic E-state index is 0.615. The zero-order valence-corrected chi connectivity index (χ0v) is 13.6. The van der Waals surface area contributed by atoms with Crippen LogP contribution < -0.4 is 15.4 Å². The number of para-hydroxylation sites is 1. The lowest BCUT2D eigenvalue weighted by Crippen LogP contribution is -2.19. The van der Waals surface area contributed by atoms with Gasteiger partial charge in [-0.3, -0.25) is 0 Å². The standard InChI is InChI=1S/C19H26N2O/c1-16-8-3-4-10-18(16)15-22-19-11-6-5-9-17(19)14-21-13-7-12-20-2/h3-6,8-11,20-21H,7,12-15H2,1-2H3. The van der Waals surface area contributed by atoms with E-state index in [1.54, 1.807) is 0 Å². The van der Waals surface area contributed by atoms with E-state index in [9.17, 15) is 0 Å². The molecule has 3 nitrogen and oxygen atoms in total. The van der Waals surface area contributed by atoms with Gasteiger partial charge in [-0.1, -0.05) is 42.5 Å². The number of nitrogens with one attached hydrogen (secondary N) is 2. The Morgan fingerprint density at radius 2 is 1.64 bits per heavy atom. The molecule has 0 aromatic heterocycles. The Morgan fingerprint density at radius 1 is 0.909 bits per heavy atom. The Balaban J connectivity index is 1.89. The van der Waals surface area contributed by atoms with Crippen molar-refractivity contribution >= 4 is 0 Å². The molecule has 0 saturated heterocycles. The van der Waals surface area contributed by atoms with Gasteiger partial charge in [-0.05, 0) is 50.7 Å². The third kappa shape index (κ3) is 5.17. The van der Waals surface area contributed by atoms with Crippen molar-refractivity contribution in [3.63, 3.8) is 0 Å². The van der Waals surface area contributed by atoms with E-state index in [-0.39, 0.29) is 0 Å². The van der Waals surface area contributed by atoms with Crippen molar-refractivity contribution in [3.05, 3.63) is 65.2 Å². The van der Waals surface area contributed by atoms with Crippen molar-refractivity contribution in [1.82, 2.24) is 10.6 Å². The van der Waals surface area contributed by atoms with Crippen molar-refractivity contribution in [2.24, 2.45) is 0 Å². The second-order valence-corrected chi connectivity index (χ2v) is 5.46. The lowest BCUT2D eigenvalue weighted by molar-refractivity contribution is 0.301. The highest BCUT2D eigenvalue weighted by molar-refractivity contribution is 5.34. The van der Waals surface area contributed by atoms with E-state index in [0.717, 1.165) is 31.8 Å². The van der Waals surface area contributed by atoms with E-state index >= 15 is 0 Å². The fourth-order valence-corrected chi connectivity index (χ4v) is 2.33. The average Bonchev–Trinajstić information content (AvgIpc) is 2.55. The Kier molecular flexibility index (Phi) is 6.94. The van der Waals surface area contributed by atoms with Crippen molar-refractivity contribution in [2.45, 2.75) is 26.5 Å².